The Morgan fingerprint density at radius 1 is 1.21 bits per heavy atom. The summed E-state index contributed by atoms with van der Waals surface area (Å²) in [5, 5.41) is 11.2. The van der Waals surface area contributed by atoms with Crippen molar-refractivity contribution in [3.63, 3.8) is 0 Å². The van der Waals surface area contributed by atoms with Crippen molar-refractivity contribution in [2.45, 2.75) is 44.4 Å². The van der Waals surface area contributed by atoms with Gasteiger partial charge in [-0.2, -0.15) is 13.2 Å². The molecule has 1 aromatic carbocycles. The summed E-state index contributed by atoms with van der Waals surface area (Å²) in [4.78, 5) is 14.5. The summed E-state index contributed by atoms with van der Waals surface area (Å²) >= 11 is 0. The van der Waals surface area contributed by atoms with Crippen molar-refractivity contribution in [2.24, 2.45) is 7.05 Å². The predicted octanol–water partition coefficient (Wildman–Crippen LogP) is 4.34. The van der Waals surface area contributed by atoms with Crippen molar-refractivity contribution < 1.29 is 22.7 Å². The van der Waals surface area contributed by atoms with Gasteiger partial charge in [-0.05, 0) is 48.6 Å². The first kappa shape index (κ1) is 21.1. The van der Waals surface area contributed by atoms with E-state index < -0.39 is 36.4 Å². The molecule has 0 aliphatic rings. The molecular formula is C21H22F4N2O2. The lowest BCUT2D eigenvalue weighted by Crippen LogP contribution is -2.48. The van der Waals surface area contributed by atoms with E-state index in [0.29, 0.717) is 22.0 Å². The lowest BCUT2D eigenvalue weighted by molar-refractivity contribution is -0.263. The Morgan fingerprint density at radius 3 is 2.55 bits per heavy atom. The van der Waals surface area contributed by atoms with E-state index in [-0.39, 0.29) is 11.3 Å². The van der Waals surface area contributed by atoms with E-state index in [1.807, 2.05) is 0 Å². The average Bonchev–Trinajstić information content (AvgIpc) is 2.97. The first-order valence-electron chi connectivity index (χ1n) is 9.13. The highest BCUT2D eigenvalue weighted by atomic mass is 19.4. The number of halogens is 4. The molecule has 156 valence electrons. The van der Waals surface area contributed by atoms with Gasteiger partial charge in [-0.3, -0.25) is 4.79 Å². The Bertz CT molecular complexity index is 1100. The number of H-pyrrole nitrogens is 1. The minimum absolute atomic E-state index is 0.161. The number of hydrogen-bond donors (Lipinski definition) is 2. The highest BCUT2D eigenvalue weighted by Gasteiger charge is 2.54. The number of nitrogens with one attached hydrogen (secondary N) is 1. The maximum absolute atomic E-state index is 13.8. The van der Waals surface area contributed by atoms with Gasteiger partial charge in [0.1, 0.15) is 5.82 Å². The number of nitrogens with zero attached hydrogens (tertiary/aromatic N) is 1. The third kappa shape index (κ3) is 4.22. The molecule has 8 heteroatoms. The quantitative estimate of drug-likeness (QED) is 0.615. The maximum atomic E-state index is 13.8. The van der Waals surface area contributed by atoms with Gasteiger partial charge in [-0.1, -0.05) is 13.0 Å². The van der Waals surface area contributed by atoms with Crippen LogP contribution in [0.3, 0.4) is 0 Å². The summed E-state index contributed by atoms with van der Waals surface area (Å²) in [6, 6.07) is 6.74. The monoisotopic (exact) mass is 410 g/mol. The van der Waals surface area contributed by atoms with Gasteiger partial charge in [0, 0.05) is 36.8 Å². The van der Waals surface area contributed by atoms with Crippen LogP contribution in [-0.4, -0.2) is 26.4 Å². The van der Waals surface area contributed by atoms with Crippen LogP contribution in [0.25, 0.3) is 10.9 Å². The summed E-state index contributed by atoms with van der Waals surface area (Å²) in [5.41, 5.74) is -1.67. The van der Waals surface area contributed by atoms with Crippen LogP contribution in [0.5, 0.6) is 0 Å². The van der Waals surface area contributed by atoms with Crippen molar-refractivity contribution in [1.29, 1.82) is 0 Å². The summed E-state index contributed by atoms with van der Waals surface area (Å²) in [6.45, 7) is 3.23. The van der Waals surface area contributed by atoms with E-state index in [2.05, 4.69) is 4.98 Å². The van der Waals surface area contributed by atoms with Crippen molar-refractivity contribution >= 4 is 10.9 Å². The maximum Gasteiger partial charge on any atom is 0.417 e. The van der Waals surface area contributed by atoms with Gasteiger partial charge < -0.3 is 14.7 Å². The topological polar surface area (TPSA) is 58.0 Å². The van der Waals surface area contributed by atoms with E-state index in [1.165, 1.54) is 48.0 Å². The summed E-state index contributed by atoms with van der Waals surface area (Å²) in [5.74, 6) is -1.27. The lowest BCUT2D eigenvalue weighted by atomic mass is 9.82. The van der Waals surface area contributed by atoms with Crippen LogP contribution in [0.4, 0.5) is 17.6 Å². The molecule has 4 nitrogen and oxygen atoms in total. The number of benzene rings is 1. The molecule has 2 aromatic heterocycles. The fourth-order valence-corrected chi connectivity index (χ4v) is 3.73. The molecule has 0 radical (unpaired) electrons. The molecule has 2 unspecified atom stereocenters. The Labute approximate surface area is 164 Å². The number of aliphatic hydroxyl groups is 1. The number of aryl methyl sites for hydroxylation is 2. The average molecular weight is 410 g/mol. The van der Waals surface area contributed by atoms with Crippen LogP contribution >= 0.6 is 0 Å². The van der Waals surface area contributed by atoms with Gasteiger partial charge in [-0.15, -0.1) is 0 Å². The van der Waals surface area contributed by atoms with E-state index >= 15 is 0 Å². The SMILES string of the molecule is Cc1ccc(F)cc1C(C)CC(O)(Cc1cc2cn(C)c(=O)cc2[nH]1)C(F)(F)F. The molecule has 2 N–H and O–H groups in total. The third-order valence-corrected chi connectivity index (χ3v) is 5.31. The number of pyridine rings is 1. The van der Waals surface area contributed by atoms with Crippen LogP contribution in [0.2, 0.25) is 0 Å². The van der Waals surface area contributed by atoms with E-state index in [0.717, 1.165) is 0 Å². The molecule has 0 spiro atoms. The number of alkyl halides is 3. The van der Waals surface area contributed by atoms with Gasteiger partial charge in [0.2, 0.25) is 0 Å². The molecule has 29 heavy (non-hydrogen) atoms. The number of rotatable bonds is 5. The van der Waals surface area contributed by atoms with Crippen LogP contribution in [0, 0.1) is 12.7 Å². The third-order valence-electron chi connectivity index (χ3n) is 5.31. The van der Waals surface area contributed by atoms with Gasteiger partial charge >= 0.3 is 6.18 Å². The molecule has 0 saturated carbocycles. The second kappa shape index (κ2) is 7.33. The second-order valence-electron chi connectivity index (χ2n) is 7.70. The molecule has 2 heterocycles. The fourth-order valence-electron chi connectivity index (χ4n) is 3.73. The zero-order valence-electron chi connectivity index (χ0n) is 16.3. The molecule has 0 amide bonds. The van der Waals surface area contributed by atoms with Gasteiger partial charge in [0.15, 0.2) is 5.60 Å². The number of hydrogen-bond acceptors (Lipinski definition) is 2. The smallest absolute Gasteiger partial charge is 0.380 e. The van der Waals surface area contributed by atoms with Gasteiger partial charge in [0.05, 0.1) is 5.52 Å². The van der Waals surface area contributed by atoms with Crippen LogP contribution in [-0.2, 0) is 13.5 Å². The molecule has 0 aliphatic carbocycles. The highest BCUT2D eigenvalue weighted by Crippen LogP contribution is 2.41. The molecule has 0 aliphatic heterocycles. The largest absolute Gasteiger partial charge is 0.417 e. The Hall–Kier alpha value is -2.61. The summed E-state index contributed by atoms with van der Waals surface area (Å²) in [6.07, 6.45) is -4.71. The first-order valence-corrected chi connectivity index (χ1v) is 9.13. The highest BCUT2D eigenvalue weighted by molar-refractivity contribution is 5.79. The van der Waals surface area contributed by atoms with Gasteiger partial charge in [0.25, 0.3) is 5.56 Å². The molecule has 2 atom stereocenters. The summed E-state index contributed by atoms with van der Waals surface area (Å²) in [7, 11) is 1.55. The Balaban J connectivity index is 1.95. The van der Waals surface area contributed by atoms with Crippen LogP contribution in [0.1, 0.15) is 36.1 Å². The zero-order chi connectivity index (χ0) is 21.6. The zero-order valence-corrected chi connectivity index (χ0v) is 16.3. The van der Waals surface area contributed by atoms with Crippen LogP contribution < -0.4 is 5.56 Å². The normalized spacial score (nSPS) is 15.4. The van der Waals surface area contributed by atoms with E-state index in [1.54, 1.807) is 14.0 Å². The minimum atomic E-state index is -4.89. The van der Waals surface area contributed by atoms with Crippen molar-refractivity contribution in [3.05, 3.63) is 69.5 Å². The fraction of sp³-hybridized carbons (Fsp3) is 0.381. The predicted molar refractivity (Wildman–Crippen MR) is 102 cm³/mol. The second-order valence-corrected chi connectivity index (χ2v) is 7.70. The standard InChI is InChI=1S/C21H22F4N2O2/c1-12-4-5-15(22)7-17(12)13(2)9-20(29,21(23,24)25)10-16-6-14-11-27(3)19(28)8-18(14)26-16/h4-8,11,13,26,29H,9-10H2,1-3H3. The summed E-state index contributed by atoms with van der Waals surface area (Å²) < 4.78 is 56.4. The van der Waals surface area contributed by atoms with Gasteiger partial charge in [-0.25, -0.2) is 4.39 Å². The molecule has 3 aromatic rings. The first-order chi connectivity index (χ1) is 13.4. The van der Waals surface area contributed by atoms with Crippen molar-refractivity contribution in [3.8, 4) is 0 Å². The molecular weight excluding hydrogens is 388 g/mol. The van der Waals surface area contributed by atoms with Crippen molar-refractivity contribution in [1.82, 2.24) is 9.55 Å². The molecule has 0 bridgehead atoms. The Morgan fingerprint density at radius 2 is 1.90 bits per heavy atom. The molecule has 0 fully saturated rings. The number of fused-ring (bicyclic) bond motifs is 1. The van der Waals surface area contributed by atoms with E-state index in [9.17, 15) is 27.5 Å². The molecule has 3 rings (SSSR count). The number of aromatic amines is 1. The van der Waals surface area contributed by atoms with Crippen molar-refractivity contribution in [2.75, 3.05) is 0 Å². The van der Waals surface area contributed by atoms with Crippen LogP contribution in [0.15, 0.2) is 41.3 Å². The van der Waals surface area contributed by atoms with E-state index in [4.69, 9.17) is 0 Å². The molecule has 0 saturated heterocycles. The number of aromatic nitrogens is 2. The minimum Gasteiger partial charge on any atom is -0.380 e. The Kier molecular flexibility index (Phi) is 5.34. The lowest BCUT2D eigenvalue weighted by Gasteiger charge is -2.33.